The first-order chi connectivity index (χ1) is 11.4. The molecule has 0 saturated carbocycles. The summed E-state index contributed by atoms with van der Waals surface area (Å²) >= 11 is 0. The monoisotopic (exact) mass is 328 g/mol. The molecule has 2 aromatic rings. The number of ether oxygens (including phenoxy) is 3. The largest absolute Gasteiger partial charge is 0.493 e. The molecule has 128 valence electrons. The molecule has 24 heavy (non-hydrogen) atoms. The molecule has 2 rings (SSSR count). The SMILES string of the molecule is COc1cc(C=O)cc(Oc2ccc(C(C)C)cc2)c1OC(C)C. The molecule has 0 atom stereocenters. The van der Waals surface area contributed by atoms with Crippen molar-refractivity contribution in [2.45, 2.75) is 39.7 Å². The van der Waals surface area contributed by atoms with Crippen molar-refractivity contribution in [2.75, 3.05) is 7.11 Å². The van der Waals surface area contributed by atoms with E-state index < -0.39 is 0 Å². The lowest BCUT2D eigenvalue weighted by molar-refractivity contribution is 0.112. The van der Waals surface area contributed by atoms with Crippen LogP contribution in [0.4, 0.5) is 0 Å². The predicted octanol–water partition coefficient (Wildman–Crippen LogP) is 5.21. The molecular formula is C20H24O4. The van der Waals surface area contributed by atoms with Gasteiger partial charge in [-0.3, -0.25) is 4.79 Å². The summed E-state index contributed by atoms with van der Waals surface area (Å²) in [6.07, 6.45) is 0.711. The fourth-order valence-corrected chi connectivity index (χ4v) is 2.29. The van der Waals surface area contributed by atoms with Crippen LogP contribution < -0.4 is 14.2 Å². The van der Waals surface area contributed by atoms with Crippen LogP contribution in [0.2, 0.25) is 0 Å². The molecule has 0 bridgehead atoms. The van der Waals surface area contributed by atoms with Gasteiger partial charge in [0.1, 0.15) is 12.0 Å². The van der Waals surface area contributed by atoms with Gasteiger partial charge in [-0.25, -0.2) is 0 Å². The van der Waals surface area contributed by atoms with Crippen LogP contribution in [0.1, 0.15) is 49.5 Å². The first-order valence-electron chi connectivity index (χ1n) is 8.06. The molecule has 4 heteroatoms. The first-order valence-corrected chi connectivity index (χ1v) is 8.06. The van der Waals surface area contributed by atoms with E-state index in [0.717, 1.165) is 6.29 Å². The second-order valence-electron chi connectivity index (χ2n) is 6.16. The molecule has 0 aliphatic heterocycles. The van der Waals surface area contributed by atoms with Gasteiger partial charge in [0.05, 0.1) is 13.2 Å². The number of hydrogen-bond acceptors (Lipinski definition) is 4. The fraction of sp³-hybridized carbons (Fsp3) is 0.350. The summed E-state index contributed by atoms with van der Waals surface area (Å²) in [4.78, 5) is 11.2. The van der Waals surface area contributed by atoms with E-state index in [1.54, 1.807) is 12.1 Å². The third-order valence-corrected chi connectivity index (χ3v) is 3.53. The van der Waals surface area contributed by atoms with Gasteiger partial charge in [0.15, 0.2) is 11.5 Å². The van der Waals surface area contributed by atoms with Crippen LogP contribution >= 0.6 is 0 Å². The second kappa shape index (κ2) is 7.86. The smallest absolute Gasteiger partial charge is 0.204 e. The Labute approximate surface area is 143 Å². The number of carbonyl (C=O) groups excluding carboxylic acids is 1. The van der Waals surface area contributed by atoms with Crippen molar-refractivity contribution in [1.29, 1.82) is 0 Å². The van der Waals surface area contributed by atoms with E-state index in [4.69, 9.17) is 14.2 Å². The van der Waals surface area contributed by atoms with E-state index in [9.17, 15) is 4.79 Å². The van der Waals surface area contributed by atoms with Crippen molar-refractivity contribution in [2.24, 2.45) is 0 Å². The van der Waals surface area contributed by atoms with Crippen LogP contribution in [0.5, 0.6) is 23.0 Å². The Kier molecular flexibility index (Phi) is 5.85. The minimum atomic E-state index is -0.0494. The zero-order valence-corrected chi connectivity index (χ0v) is 14.8. The Morgan fingerprint density at radius 2 is 1.58 bits per heavy atom. The topological polar surface area (TPSA) is 44.8 Å². The molecule has 0 fully saturated rings. The van der Waals surface area contributed by atoms with Crippen LogP contribution in [0, 0.1) is 0 Å². The molecule has 0 amide bonds. The summed E-state index contributed by atoms with van der Waals surface area (Å²) in [5.41, 5.74) is 1.71. The quantitative estimate of drug-likeness (QED) is 0.654. The van der Waals surface area contributed by atoms with Crippen molar-refractivity contribution in [3.63, 3.8) is 0 Å². The lowest BCUT2D eigenvalue weighted by Crippen LogP contribution is -2.08. The average Bonchev–Trinajstić information content (AvgIpc) is 2.56. The van der Waals surface area contributed by atoms with Gasteiger partial charge in [0, 0.05) is 5.56 Å². The molecule has 0 aliphatic rings. The second-order valence-corrected chi connectivity index (χ2v) is 6.16. The summed E-state index contributed by atoms with van der Waals surface area (Å²) in [7, 11) is 1.54. The lowest BCUT2D eigenvalue weighted by Gasteiger charge is -2.18. The van der Waals surface area contributed by atoms with Crippen molar-refractivity contribution in [3.05, 3.63) is 47.5 Å². The van der Waals surface area contributed by atoms with E-state index in [1.807, 2.05) is 38.1 Å². The highest BCUT2D eigenvalue weighted by Gasteiger charge is 2.17. The number of carbonyl (C=O) groups is 1. The van der Waals surface area contributed by atoms with Crippen LogP contribution in [0.3, 0.4) is 0 Å². The van der Waals surface area contributed by atoms with Gasteiger partial charge in [0.25, 0.3) is 0 Å². The van der Waals surface area contributed by atoms with Gasteiger partial charge in [-0.15, -0.1) is 0 Å². The third-order valence-electron chi connectivity index (χ3n) is 3.53. The molecule has 2 aromatic carbocycles. The Hall–Kier alpha value is -2.49. The van der Waals surface area contributed by atoms with E-state index in [0.29, 0.717) is 34.5 Å². The van der Waals surface area contributed by atoms with Gasteiger partial charge in [-0.1, -0.05) is 26.0 Å². The molecule has 0 spiro atoms. The summed E-state index contributed by atoms with van der Waals surface area (Å²) in [6, 6.07) is 11.2. The molecule has 0 heterocycles. The van der Waals surface area contributed by atoms with Crippen molar-refractivity contribution in [1.82, 2.24) is 0 Å². The number of methoxy groups -OCH3 is 1. The third kappa shape index (κ3) is 4.28. The molecule has 0 radical (unpaired) electrons. The summed E-state index contributed by atoms with van der Waals surface area (Å²) in [5.74, 6) is 2.56. The number of rotatable bonds is 7. The van der Waals surface area contributed by atoms with Gasteiger partial charge in [0.2, 0.25) is 5.75 Å². The zero-order chi connectivity index (χ0) is 17.7. The normalized spacial score (nSPS) is 10.8. The summed E-state index contributed by atoms with van der Waals surface area (Å²) in [6.45, 7) is 8.13. The number of hydrogen-bond donors (Lipinski definition) is 0. The van der Waals surface area contributed by atoms with E-state index in [-0.39, 0.29) is 6.10 Å². The predicted molar refractivity (Wildman–Crippen MR) is 94.8 cm³/mol. The van der Waals surface area contributed by atoms with Crippen LogP contribution in [0.25, 0.3) is 0 Å². The molecule has 0 aromatic heterocycles. The van der Waals surface area contributed by atoms with Gasteiger partial charge < -0.3 is 14.2 Å². The maximum Gasteiger partial charge on any atom is 0.204 e. The highest BCUT2D eigenvalue weighted by molar-refractivity contribution is 5.78. The molecule has 0 aliphatic carbocycles. The average molecular weight is 328 g/mol. The first kappa shape index (κ1) is 17.9. The Morgan fingerprint density at radius 3 is 2.08 bits per heavy atom. The molecule has 4 nitrogen and oxygen atoms in total. The van der Waals surface area contributed by atoms with E-state index in [1.165, 1.54) is 12.7 Å². The van der Waals surface area contributed by atoms with Gasteiger partial charge in [-0.2, -0.15) is 0 Å². The lowest BCUT2D eigenvalue weighted by atomic mass is 10.0. The molecule has 0 saturated heterocycles. The minimum Gasteiger partial charge on any atom is -0.493 e. The zero-order valence-electron chi connectivity index (χ0n) is 14.8. The summed E-state index contributed by atoms with van der Waals surface area (Å²) in [5, 5.41) is 0. The minimum absolute atomic E-state index is 0.0494. The Bertz CT molecular complexity index is 688. The van der Waals surface area contributed by atoms with Crippen molar-refractivity contribution in [3.8, 4) is 23.0 Å². The number of benzene rings is 2. The van der Waals surface area contributed by atoms with E-state index in [2.05, 4.69) is 13.8 Å². The highest BCUT2D eigenvalue weighted by Crippen LogP contribution is 2.41. The van der Waals surface area contributed by atoms with Crippen LogP contribution in [-0.4, -0.2) is 19.5 Å². The van der Waals surface area contributed by atoms with Gasteiger partial charge in [-0.05, 0) is 49.6 Å². The molecular weight excluding hydrogens is 304 g/mol. The van der Waals surface area contributed by atoms with Crippen molar-refractivity contribution < 1.29 is 19.0 Å². The van der Waals surface area contributed by atoms with E-state index >= 15 is 0 Å². The highest BCUT2D eigenvalue weighted by atomic mass is 16.5. The number of aldehydes is 1. The fourth-order valence-electron chi connectivity index (χ4n) is 2.29. The Balaban J connectivity index is 2.40. The van der Waals surface area contributed by atoms with Gasteiger partial charge >= 0.3 is 0 Å². The van der Waals surface area contributed by atoms with Crippen LogP contribution in [0.15, 0.2) is 36.4 Å². The van der Waals surface area contributed by atoms with Crippen molar-refractivity contribution >= 4 is 6.29 Å². The summed E-state index contributed by atoms with van der Waals surface area (Å²) < 4.78 is 17.2. The maximum atomic E-state index is 11.2. The standard InChI is InChI=1S/C20H24O4/c1-13(2)16-6-8-17(9-7-16)24-19-11-15(12-21)10-18(22-5)20(19)23-14(3)4/h6-14H,1-5H3. The molecule has 0 unspecified atom stereocenters. The maximum absolute atomic E-state index is 11.2. The Morgan fingerprint density at radius 1 is 0.958 bits per heavy atom. The molecule has 0 N–H and O–H groups in total. The van der Waals surface area contributed by atoms with Crippen LogP contribution in [-0.2, 0) is 0 Å².